The molecule has 156 valence electrons. The number of amides is 3. The summed E-state index contributed by atoms with van der Waals surface area (Å²) >= 11 is 0.793. The van der Waals surface area contributed by atoms with E-state index in [9.17, 15) is 19.2 Å². The van der Waals surface area contributed by atoms with Gasteiger partial charge in [0, 0.05) is 28.2 Å². The van der Waals surface area contributed by atoms with Crippen LogP contribution >= 0.6 is 11.8 Å². The first-order valence-electron chi connectivity index (χ1n) is 9.55. The van der Waals surface area contributed by atoms with Crippen molar-refractivity contribution >= 4 is 51.6 Å². The normalized spacial score (nSPS) is 15.3. The zero-order chi connectivity index (χ0) is 22.1. The van der Waals surface area contributed by atoms with Crippen molar-refractivity contribution in [2.75, 3.05) is 6.54 Å². The lowest BCUT2D eigenvalue weighted by atomic mass is 10.1. The number of fused-ring (bicyclic) bond motifs is 1. The highest BCUT2D eigenvalue weighted by Gasteiger charge is 2.36. The number of benzene rings is 2. The first kappa shape index (κ1) is 20.6. The molecule has 1 fully saturated rings. The van der Waals surface area contributed by atoms with Crippen LogP contribution in [0.4, 0.5) is 4.79 Å². The van der Waals surface area contributed by atoms with Gasteiger partial charge in [-0.15, -0.1) is 0 Å². The first-order valence-corrected chi connectivity index (χ1v) is 10.4. The molecule has 4 rings (SSSR count). The SMILES string of the molecule is Cc1ccc(C(=O)CN2C(=O)SC(=Cc3cn(CC(N)=O)c4ccccc34)C2=O)cc1. The van der Waals surface area contributed by atoms with Crippen LogP contribution < -0.4 is 5.73 Å². The van der Waals surface area contributed by atoms with E-state index in [4.69, 9.17) is 5.73 Å². The lowest BCUT2D eigenvalue weighted by Gasteiger charge is -2.11. The summed E-state index contributed by atoms with van der Waals surface area (Å²) in [6.45, 7) is 1.60. The van der Waals surface area contributed by atoms with Crippen molar-refractivity contribution in [2.45, 2.75) is 13.5 Å². The van der Waals surface area contributed by atoms with Crippen molar-refractivity contribution in [3.8, 4) is 0 Å². The average molecular weight is 433 g/mol. The summed E-state index contributed by atoms with van der Waals surface area (Å²) in [5.74, 6) is -1.30. The molecule has 0 bridgehead atoms. The van der Waals surface area contributed by atoms with E-state index in [1.807, 2.05) is 43.3 Å². The lowest BCUT2D eigenvalue weighted by molar-refractivity contribution is -0.122. The summed E-state index contributed by atoms with van der Waals surface area (Å²) < 4.78 is 1.70. The van der Waals surface area contributed by atoms with Gasteiger partial charge in [0.1, 0.15) is 6.54 Å². The maximum absolute atomic E-state index is 12.8. The summed E-state index contributed by atoms with van der Waals surface area (Å²) in [6, 6.07) is 14.4. The fraction of sp³-hybridized carbons (Fsp3) is 0.130. The molecule has 1 aliphatic rings. The molecular weight excluding hydrogens is 414 g/mol. The van der Waals surface area contributed by atoms with E-state index in [2.05, 4.69) is 0 Å². The molecule has 3 amide bonds. The number of carbonyl (C=O) groups is 4. The number of aryl methyl sites for hydroxylation is 1. The highest BCUT2D eigenvalue weighted by atomic mass is 32.2. The fourth-order valence-electron chi connectivity index (χ4n) is 3.44. The van der Waals surface area contributed by atoms with Crippen LogP contribution in [0.1, 0.15) is 21.5 Å². The van der Waals surface area contributed by atoms with Gasteiger partial charge in [-0.2, -0.15) is 0 Å². The number of thioether (sulfide) groups is 1. The van der Waals surface area contributed by atoms with Gasteiger partial charge in [0.2, 0.25) is 5.91 Å². The number of primary amides is 1. The number of rotatable bonds is 6. The minimum atomic E-state index is -0.512. The summed E-state index contributed by atoms with van der Waals surface area (Å²) in [5, 5.41) is 0.337. The minimum Gasteiger partial charge on any atom is -0.368 e. The Morgan fingerprint density at radius 2 is 1.74 bits per heavy atom. The zero-order valence-corrected chi connectivity index (χ0v) is 17.5. The smallest absolute Gasteiger partial charge is 0.293 e. The van der Waals surface area contributed by atoms with Gasteiger partial charge in [-0.05, 0) is 30.8 Å². The Morgan fingerprint density at radius 1 is 1.03 bits per heavy atom. The number of nitrogens with zero attached hydrogens (tertiary/aromatic N) is 2. The molecule has 1 aliphatic heterocycles. The molecule has 7 nitrogen and oxygen atoms in total. The fourth-order valence-corrected chi connectivity index (χ4v) is 4.27. The summed E-state index contributed by atoms with van der Waals surface area (Å²) in [4.78, 5) is 50.4. The van der Waals surface area contributed by atoms with Crippen LogP contribution in [0.2, 0.25) is 0 Å². The molecule has 2 N–H and O–H groups in total. The molecule has 0 spiro atoms. The average Bonchev–Trinajstić information content (AvgIpc) is 3.20. The lowest BCUT2D eigenvalue weighted by Crippen LogP contribution is -2.33. The number of para-hydroxylation sites is 1. The number of nitrogens with two attached hydrogens (primary N) is 1. The summed E-state index contributed by atoms with van der Waals surface area (Å²) in [7, 11) is 0. The van der Waals surface area contributed by atoms with E-state index < -0.39 is 17.1 Å². The molecule has 31 heavy (non-hydrogen) atoms. The highest BCUT2D eigenvalue weighted by Crippen LogP contribution is 2.34. The van der Waals surface area contributed by atoms with E-state index in [0.717, 1.165) is 33.1 Å². The second-order valence-electron chi connectivity index (χ2n) is 7.25. The Morgan fingerprint density at radius 3 is 2.45 bits per heavy atom. The van der Waals surface area contributed by atoms with Gasteiger partial charge in [0.25, 0.3) is 11.1 Å². The van der Waals surface area contributed by atoms with Crippen molar-refractivity contribution in [3.05, 3.63) is 76.3 Å². The van der Waals surface area contributed by atoms with Crippen LogP contribution in [0.3, 0.4) is 0 Å². The molecule has 1 aromatic heterocycles. The maximum Gasteiger partial charge on any atom is 0.293 e. The van der Waals surface area contributed by atoms with Gasteiger partial charge in [-0.3, -0.25) is 24.1 Å². The quantitative estimate of drug-likeness (QED) is 0.474. The number of hydrogen-bond donors (Lipinski definition) is 1. The molecule has 0 atom stereocenters. The Balaban J connectivity index is 1.61. The summed E-state index contributed by atoms with van der Waals surface area (Å²) in [6.07, 6.45) is 3.34. The number of aromatic nitrogens is 1. The van der Waals surface area contributed by atoms with Crippen LogP contribution in [0.15, 0.2) is 59.6 Å². The Hall–Kier alpha value is -3.65. The maximum atomic E-state index is 12.8. The molecule has 8 heteroatoms. The minimum absolute atomic E-state index is 0.000876. The Bertz CT molecular complexity index is 1260. The van der Waals surface area contributed by atoms with E-state index in [1.54, 1.807) is 29.0 Å². The third kappa shape index (κ3) is 4.15. The molecule has 0 radical (unpaired) electrons. The molecule has 0 aliphatic carbocycles. The van der Waals surface area contributed by atoms with E-state index in [-0.39, 0.29) is 23.8 Å². The molecule has 0 unspecified atom stereocenters. The second kappa shape index (κ2) is 8.23. The monoisotopic (exact) mass is 433 g/mol. The van der Waals surface area contributed by atoms with Crippen LogP contribution in [-0.2, 0) is 16.1 Å². The Labute approximate surface area is 182 Å². The van der Waals surface area contributed by atoms with Crippen LogP contribution in [0, 0.1) is 6.92 Å². The number of ketones is 1. The number of imide groups is 1. The van der Waals surface area contributed by atoms with Crippen molar-refractivity contribution in [1.82, 2.24) is 9.47 Å². The first-order chi connectivity index (χ1) is 14.8. The summed E-state index contributed by atoms with van der Waals surface area (Å²) in [5.41, 5.74) is 8.28. The van der Waals surface area contributed by atoms with E-state index in [1.165, 1.54) is 0 Å². The predicted octanol–water partition coefficient (Wildman–Crippen LogP) is 3.35. The van der Waals surface area contributed by atoms with E-state index in [0.29, 0.717) is 11.1 Å². The third-order valence-electron chi connectivity index (χ3n) is 4.98. The highest BCUT2D eigenvalue weighted by molar-refractivity contribution is 8.18. The molecular formula is C23H19N3O4S. The number of Topliss-reactive ketones (excluding diaryl/α,β-unsaturated/α-hetero) is 1. The van der Waals surface area contributed by atoms with Crippen LogP contribution in [0.25, 0.3) is 17.0 Å². The largest absolute Gasteiger partial charge is 0.368 e. The van der Waals surface area contributed by atoms with Gasteiger partial charge in [0.05, 0.1) is 11.4 Å². The topological polar surface area (TPSA) is 102 Å². The molecule has 1 saturated heterocycles. The van der Waals surface area contributed by atoms with Crippen molar-refractivity contribution < 1.29 is 19.2 Å². The van der Waals surface area contributed by atoms with Crippen LogP contribution in [0.5, 0.6) is 0 Å². The van der Waals surface area contributed by atoms with Gasteiger partial charge < -0.3 is 10.3 Å². The molecule has 2 heterocycles. The third-order valence-corrected chi connectivity index (χ3v) is 5.89. The molecule has 2 aromatic carbocycles. The van der Waals surface area contributed by atoms with Gasteiger partial charge in [0.15, 0.2) is 5.78 Å². The van der Waals surface area contributed by atoms with Crippen LogP contribution in [-0.4, -0.2) is 38.8 Å². The molecule has 3 aromatic rings. The van der Waals surface area contributed by atoms with Gasteiger partial charge in [-0.25, -0.2) is 0 Å². The predicted molar refractivity (Wildman–Crippen MR) is 119 cm³/mol. The number of hydrogen-bond acceptors (Lipinski definition) is 5. The van der Waals surface area contributed by atoms with Crippen molar-refractivity contribution in [3.63, 3.8) is 0 Å². The van der Waals surface area contributed by atoms with Gasteiger partial charge >= 0.3 is 0 Å². The van der Waals surface area contributed by atoms with Crippen molar-refractivity contribution in [2.24, 2.45) is 5.73 Å². The standard InChI is InChI=1S/C23H19N3O4S/c1-14-6-8-15(9-7-14)19(27)12-26-22(29)20(31-23(26)30)10-16-11-25(13-21(24)28)18-5-3-2-4-17(16)18/h2-11H,12-13H2,1H3,(H2,24,28). The van der Waals surface area contributed by atoms with E-state index >= 15 is 0 Å². The zero-order valence-electron chi connectivity index (χ0n) is 16.7. The Kier molecular flexibility index (Phi) is 5.48. The second-order valence-corrected chi connectivity index (χ2v) is 8.25. The molecule has 0 saturated carbocycles. The van der Waals surface area contributed by atoms with Crippen molar-refractivity contribution in [1.29, 1.82) is 0 Å². The van der Waals surface area contributed by atoms with Gasteiger partial charge in [-0.1, -0.05) is 48.0 Å². The number of carbonyl (C=O) groups excluding carboxylic acids is 4.